The molecular weight excluding hydrogens is 401 g/mol. The van der Waals surface area contributed by atoms with E-state index in [-0.39, 0.29) is 5.91 Å². The van der Waals surface area contributed by atoms with Gasteiger partial charge in [-0.2, -0.15) is 5.10 Å². The molecule has 0 unspecified atom stereocenters. The molecule has 2 aromatic carbocycles. The number of fused-ring (bicyclic) bond motifs is 1. The van der Waals surface area contributed by atoms with Gasteiger partial charge in [0.25, 0.3) is 5.91 Å². The number of hydrazone groups is 1. The Kier molecular flexibility index (Phi) is 4.99. The molecule has 0 aliphatic carbocycles. The summed E-state index contributed by atoms with van der Waals surface area (Å²) in [6.45, 7) is 0. The average Bonchev–Trinajstić information content (AvgIpc) is 3.33. The van der Waals surface area contributed by atoms with E-state index in [0.29, 0.717) is 15.6 Å². The number of H-pyrrole nitrogens is 1. The molecule has 2 aromatic heterocycles. The Hall–Kier alpha value is -2.60. The predicted octanol–water partition coefficient (Wildman–Crippen LogP) is 5.97. The highest BCUT2D eigenvalue weighted by molar-refractivity contribution is 7.13. The van der Waals surface area contributed by atoms with Crippen LogP contribution < -0.4 is 5.43 Å². The number of benzene rings is 2. The third-order valence-corrected chi connectivity index (χ3v) is 5.65. The molecule has 0 bridgehead atoms. The smallest absolute Gasteiger partial charge is 0.273 e. The van der Waals surface area contributed by atoms with Gasteiger partial charge >= 0.3 is 0 Å². The number of nitrogens with one attached hydrogen (secondary N) is 2. The zero-order chi connectivity index (χ0) is 18.8. The molecule has 27 heavy (non-hydrogen) atoms. The second kappa shape index (κ2) is 7.56. The summed E-state index contributed by atoms with van der Waals surface area (Å²) in [5, 5.41) is 7.91. The Morgan fingerprint density at radius 1 is 1.07 bits per heavy atom. The number of halogens is 2. The van der Waals surface area contributed by atoms with Crippen molar-refractivity contribution in [2.24, 2.45) is 5.10 Å². The maximum Gasteiger partial charge on any atom is 0.273 e. The molecule has 134 valence electrons. The molecule has 0 fully saturated rings. The minimum absolute atomic E-state index is 0.295. The van der Waals surface area contributed by atoms with Crippen LogP contribution in [0.2, 0.25) is 10.0 Å². The first-order valence-electron chi connectivity index (χ1n) is 8.06. The van der Waals surface area contributed by atoms with Crippen LogP contribution in [-0.4, -0.2) is 17.1 Å². The van der Waals surface area contributed by atoms with Crippen LogP contribution >= 0.6 is 34.5 Å². The van der Waals surface area contributed by atoms with Gasteiger partial charge in [0.05, 0.1) is 37.9 Å². The molecule has 0 aliphatic rings. The molecule has 7 heteroatoms. The molecule has 0 saturated heterocycles. The zero-order valence-corrected chi connectivity index (χ0v) is 16.2. The zero-order valence-electron chi connectivity index (χ0n) is 13.9. The molecule has 0 saturated carbocycles. The third-order valence-electron chi connectivity index (χ3n) is 4.01. The average molecular weight is 414 g/mol. The number of aromatic nitrogens is 1. The first-order valence-corrected chi connectivity index (χ1v) is 9.69. The van der Waals surface area contributed by atoms with Gasteiger partial charge in [0.15, 0.2) is 0 Å². The Morgan fingerprint density at radius 3 is 2.74 bits per heavy atom. The Morgan fingerprint density at radius 2 is 1.96 bits per heavy atom. The standard InChI is InChI=1S/C20H13Cl2N3OS/c21-15-7-6-12(9-16(15)22)11-23-25-20(26)14-4-1-3-13-10-17(24-19(13)14)18-5-2-8-27-18/h1-11,24H,(H,25,26)/b23-11+. The van der Waals surface area contributed by atoms with Gasteiger partial charge in [-0.05, 0) is 41.3 Å². The highest BCUT2D eigenvalue weighted by Crippen LogP contribution is 2.29. The van der Waals surface area contributed by atoms with Crippen molar-refractivity contribution in [1.82, 2.24) is 10.4 Å². The lowest BCUT2D eigenvalue weighted by Crippen LogP contribution is -2.18. The lowest BCUT2D eigenvalue weighted by Gasteiger charge is -2.02. The van der Waals surface area contributed by atoms with Crippen molar-refractivity contribution in [3.05, 3.63) is 81.1 Å². The summed E-state index contributed by atoms with van der Waals surface area (Å²) < 4.78 is 0. The van der Waals surface area contributed by atoms with Crippen LogP contribution in [0, 0.1) is 0 Å². The van der Waals surface area contributed by atoms with Crippen LogP contribution in [0.4, 0.5) is 0 Å². The van der Waals surface area contributed by atoms with Crippen LogP contribution in [0.15, 0.2) is 65.1 Å². The summed E-state index contributed by atoms with van der Waals surface area (Å²) in [5.74, 6) is -0.295. The summed E-state index contributed by atoms with van der Waals surface area (Å²) in [6.07, 6.45) is 1.52. The minimum Gasteiger partial charge on any atom is -0.353 e. The SMILES string of the molecule is O=C(N/N=C/c1ccc(Cl)c(Cl)c1)c1cccc2cc(-c3cccs3)[nH]c12. The van der Waals surface area contributed by atoms with Gasteiger partial charge < -0.3 is 4.98 Å². The topological polar surface area (TPSA) is 57.2 Å². The van der Waals surface area contributed by atoms with Gasteiger partial charge in [-0.3, -0.25) is 4.79 Å². The van der Waals surface area contributed by atoms with Gasteiger partial charge in [0.2, 0.25) is 0 Å². The fourth-order valence-electron chi connectivity index (χ4n) is 2.73. The number of hydrogen-bond donors (Lipinski definition) is 2. The number of para-hydroxylation sites is 1. The molecule has 4 aromatic rings. The maximum atomic E-state index is 12.6. The number of rotatable bonds is 4. The van der Waals surface area contributed by atoms with E-state index in [1.807, 2.05) is 35.7 Å². The van der Waals surface area contributed by atoms with Gasteiger partial charge in [0.1, 0.15) is 0 Å². The van der Waals surface area contributed by atoms with E-state index >= 15 is 0 Å². The highest BCUT2D eigenvalue weighted by Gasteiger charge is 2.12. The van der Waals surface area contributed by atoms with Crippen molar-refractivity contribution in [2.45, 2.75) is 0 Å². The van der Waals surface area contributed by atoms with E-state index in [1.165, 1.54) is 6.21 Å². The molecule has 4 rings (SSSR count). The molecule has 4 nitrogen and oxygen atoms in total. The monoisotopic (exact) mass is 413 g/mol. The molecule has 2 N–H and O–H groups in total. The summed E-state index contributed by atoms with van der Waals surface area (Å²) in [7, 11) is 0. The van der Waals surface area contributed by atoms with E-state index in [4.69, 9.17) is 23.2 Å². The summed E-state index contributed by atoms with van der Waals surface area (Å²) >= 11 is 13.5. The Labute approximate surface area is 169 Å². The third kappa shape index (κ3) is 3.76. The van der Waals surface area contributed by atoms with Crippen LogP contribution in [-0.2, 0) is 0 Å². The largest absolute Gasteiger partial charge is 0.353 e. The van der Waals surface area contributed by atoms with Crippen LogP contribution in [0.25, 0.3) is 21.5 Å². The second-order valence-electron chi connectivity index (χ2n) is 5.80. The summed E-state index contributed by atoms with van der Waals surface area (Å²) in [6, 6.07) is 16.8. The molecule has 0 atom stereocenters. The van der Waals surface area contributed by atoms with Gasteiger partial charge in [-0.1, -0.05) is 47.5 Å². The quantitative estimate of drug-likeness (QED) is 0.314. The normalized spacial score (nSPS) is 11.3. The lowest BCUT2D eigenvalue weighted by molar-refractivity contribution is 0.0956. The van der Waals surface area contributed by atoms with E-state index in [9.17, 15) is 4.79 Å². The van der Waals surface area contributed by atoms with Crippen LogP contribution in [0.1, 0.15) is 15.9 Å². The summed E-state index contributed by atoms with van der Waals surface area (Å²) in [5.41, 5.74) is 5.59. The minimum atomic E-state index is -0.295. The summed E-state index contributed by atoms with van der Waals surface area (Å²) in [4.78, 5) is 17.0. The number of thiophene rings is 1. The van der Waals surface area contributed by atoms with Crippen molar-refractivity contribution in [1.29, 1.82) is 0 Å². The van der Waals surface area contributed by atoms with Crippen molar-refractivity contribution in [3.8, 4) is 10.6 Å². The van der Waals surface area contributed by atoms with Crippen molar-refractivity contribution >= 4 is 57.6 Å². The molecule has 0 aliphatic heterocycles. The number of aromatic amines is 1. The van der Waals surface area contributed by atoms with Crippen molar-refractivity contribution in [2.75, 3.05) is 0 Å². The van der Waals surface area contributed by atoms with E-state index < -0.39 is 0 Å². The Balaban J connectivity index is 1.57. The predicted molar refractivity (Wildman–Crippen MR) is 113 cm³/mol. The second-order valence-corrected chi connectivity index (χ2v) is 7.56. The van der Waals surface area contributed by atoms with Gasteiger partial charge in [-0.15, -0.1) is 11.3 Å². The van der Waals surface area contributed by atoms with Gasteiger partial charge in [0, 0.05) is 5.39 Å². The van der Waals surface area contributed by atoms with E-state index in [1.54, 1.807) is 35.6 Å². The molecule has 0 spiro atoms. The lowest BCUT2D eigenvalue weighted by atomic mass is 10.1. The first-order chi connectivity index (χ1) is 13.1. The number of hydrogen-bond acceptors (Lipinski definition) is 3. The first kappa shape index (κ1) is 17.8. The van der Waals surface area contributed by atoms with Crippen molar-refractivity contribution in [3.63, 3.8) is 0 Å². The highest BCUT2D eigenvalue weighted by atomic mass is 35.5. The van der Waals surface area contributed by atoms with E-state index in [2.05, 4.69) is 15.5 Å². The number of carbonyl (C=O) groups excluding carboxylic acids is 1. The van der Waals surface area contributed by atoms with Crippen molar-refractivity contribution < 1.29 is 4.79 Å². The number of carbonyl (C=O) groups is 1. The maximum absolute atomic E-state index is 12.6. The molecule has 1 amide bonds. The number of amides is 1. The molecular formula is C20H13Cl2N3OS. The van der Waals surface area contributed by atoms with Crippen LogP contribution in [0.3, 0.4) is 0 Å². The molecule has 2 heterocycles. The molecule has 0 radical (unpaired) electrons. The fraction of sp³-hybridized carbons (Fsp3) is 0. The number of nitrogens with zero attached hydrogens (tertiary/aromatic N) is 1. The van der Waals surface area contributed by atoms with Crippen LogP contribution in [0.5, 0.6) is 0 Å². The fourth-order valence-corrected chi connectivity index (χ4v) is 3.73. The van der Waals surface area contributed by atoms with Gasteiger partial charge in [-0.25, -0.2) is 5.43 Å². The van der Waals surface area contributed by atoms with E-state index in [0.717, 1.165) is 27.0 Å². The Bertz CT molecular complexity index is 1150.